The molecule has 2 N–H and O–H groups in total. The zero-order valence-electron chi connectivity index (χ0n) is 17.3. The molecular weight excluding hydrogens is 380 g/mol. The van der Waals surface area contributed by atoms with Crippen LogP contribution in [-0.4, -0.2) is 35.0 Å². The molecule has 0 spiro atoms. The number of aryl methyl sites for hydroxylation is 1. The first-order chi connectivity index (χ1) is 14.1. The third-order valence-corrected chi connectivity index (χ3v) is 6.97. The molecule has 1 unspecified atom stereocenters. The first kappa shape index (κ1) is 19.1. The second kappa shape index (κ2) is 7.75. The summed E-state index contributed by atoms with van der Waals surface area (Å²) < 4.78 is 0. The predicted molar refractivity (Wildman–Crippen MR) is 121 cm³/mol. The number of nitrogens with one attached hydrogen (secondary N) is 2. The highest BCUT2D eigenvalue weighted by molar-refractivity contribution is 6.31. The topological polar surface area (TPSA) is 44.0 Å². The van der Waals surface area contributed by atoms with Gasteiger partial charge in [-0.15, -0.1) is 0 Å². The number of likely N-dealkylation sites (N-methyl/N-ethyl adjacent to an activating group) is 1. The molecule has 5 heteroatoms. The number of aromatic nitrogens is 2. The number of hydrogen-bond acceptors (Lipinski definition) is 3. The van der Waals surface area contributed by atoms with Crippen LogP contribution in [0.5, 0.6) is 0 Å². The number of benzene rings is 1. The molecule has 4 heterocycles. The van der Waals surface area contributed by atoms with Gasteiger partial charge in [-0.1, -0.05) is 31.0 Å². The normalized spacial score (nSPS) is 20.2. The Morgan fingerprint density at radius 2 is 2.10 bits per heavy atom. The molecule has 5 rings (SSSR count). The summed E-state index contributed by atoms with van der Waals surface area (Å²) in [5.74, 6) is 0. The molecule has 2 aliphatic heterocycles. The number of rotatable bonds is 3. The van der Waals surface area contributed by atoms with Gasteiger partial charge in [0, 0.05) is 36.3 Å². The quantitative estimate of drug-likeness (QED) is 0.622. The summed E-state index contributed by atoms with van der Waals surface area (Å²) in [6.07, 6.45) is 7.82. The van der Waals surface area contributed by atoms with Crippen LogP contribution in [0.2, 0.25) is 5.15 Å². The maximum Gasteiger partial charge on any atom is 0.138 e. The van der Waals surface area contributed by atoms with Crippen molar-refractivity contribution >= 4 is 22.6 Å². The van der Waals surface area contributed by atoms with E-state index >= 15 is 0 Å². The van der Waals surface area contributed by atoms with Gasteiger partial charge >= 0.3 is 0 Å². The molecular formula is C24H29ClN4. The molecule has 1 aromatic carbocycles. The number of pyridine rings is 1. The van der Waals surface area contributed by atoms with Crippen molar-refractivity contribution in [2.75, 3.05) is 20.1 Å². The molecule has 3 aromatic rings. The van der Waals surface area contributed by atoms with Crippen LogP contribution < -0.4 is 5.32 Å². The zero-order chi connectivity index (χ0) is 20.0. The maximum absolute atomic E-state index is 6.39. The molecule has 0 bridgehead atoms. The van der Waals surface area contributed by atoms with Crippen molar-refractivity contribution in [3.05, 3.63) is 51.8 Å². The molecule has 1 atom stereocenters. The van der Waals surface area contributed by atoms with Gasteiger partial charge in [-0.3, -0.25) is 0 Å². The summed E-state index contributed by atoms with van der Waals surface area (Å²) in [6.45, 7) is 5.44. The fourth-order valence-corrected chi connectivity index (χ4v) is 5.35. The van der Waals surface area contributed by atoms with Gasteiger partial charge in [-0.25, -0.2) is 4.98 Å². The summed E-state index contributed by atoms with van der Waals surface area (Å²) >= 11 is 6.39. The van der Waals surface area contributed by atoms with Crippen molar-refractivity contribution in [1.29, 1.82) is 0 Å². The van der Waals surface area contributed by atoms with Crippen LogP contribution in [0.15, 0.2) is 24.4 Å². The summed E-state index contributed by atoms with van der Waals surface area (Å²) in [4.78, 5) is 10.3. The standard InChI is InChI=1S/C24H29ClN4/c1-3-18-20-12-17(13-27-24(20)28-23(18)25)16-10-15-7-9-29(2)14-21(15)19(11-16)22-6-4-5-8-26-22/h10-13,22,26H,3-9,14H2,1-2H3,(H,27,28). The van der Waals surface area contributed by atoms with Crippen molar-refractivity contribution < 1.29 is 0 Å². The van der Waals surface area contributed by atoms with E-state index in [1.807, 2.05) is 6.20 Å². The summed E-state index contributed by atoms with van der Waals surface area (Å²) in [6, 6.07) is 7.55. The molecule has 0 saturated carbocycles. The lowest BCUT2D eigenvalue weighted by atomic mass is 9.85. The largest absolute Gasteiger partial charge is 0.330 e. The Kier molecular flexibility index (Phi) is 5.10. The maximum atomic E-state index is 6.39. The number of fused-ring (bicyclic) bond motifs is 2. The third-order valence-electron chi connectivity index (χ3n) is 6.65. The van der Waals surface area contributed by atoms with Gasteiger partial charge in [-0.2, -0.15) is 0 Å². The first-order valence-electron chi connectivity index (χ1n) is 10.9. The van der Waals surface area contributed by atoms with Crippen molar-refractivity contribution in [3.8, 4) is 11.1 Å². The van der Waals surface area contributed by atoms with Crippen molar-refractivity contribution in [2.45, 2.75) is 51.6 Å². The molecule has 29 heavy (non-hydrogen) atoms. The molecule has 1 fully saturated rings. The van der Waals surface area contributed by atoms with E-state index in [1.54, 1.807) is 0 Å². The Balaban J connectivity index is 1.64. The minimum Gasteiger partial charge on any atom is -0.330 e. The first-order valence-corrected chi connectivity index (χ1v) is 11.3. The minimum absolute atomic E-state index is 0.466. The highest BCUT2D eigenvalue weighted by Crippen LogP contribution is 2.36. The summed E-state index contributed by atoms with van der Waals surface area (Å²) in [5.41, 5.74) is 9.03. The fraction of sp³-hybridized carbons (Fsp3) is 0.458. The number of hydrogen-bond donors (Lipinski definition) is 2. The average Bonchev–Trinajstić information content (AvgIpc) is 3.07. The summed E-state index contributed by atoms with van der Waals surface area (Å²) in [5, 5.41) is 5.63. The van der Waals surface area contributed by atoms with Crippen LogP contribution in [0, 0.1) is 0 Å². The Labute approximate surface area is 177 Å². The molecule has 2 aliphatic rings. The Morgan fingerprint density at radius 1 is 1.21 bits per heavy atom. The highest BCUT2D eigenvalue weighted by Gasteiger charge is 2.24. The monoisotopic (exact) mass is 408 g/mol. The van der Waals surface area contributed by atoms with E-state index in [-0.39, 0.29) is 0 Å². The third kappa shape index (κ3) is 3.48. The molecule has 4 nitrogen and oxygen atoms in total. The van der Waals surface area contributed by atoms with Crippen molar-refractivity contribution in [2.24, 2.45) is 0 Å². The van der Waals surface area contributed by atoms with Gasteiger partial charge in [0.2, 0.25) is 0 Å². The van der Waals surface area contributed by atoms with Crippen LogP contribution in [0.25, 0.3) is 22.2 Å². The number of H-pyrrole nitrogens is 1. The lowest BCUT2D eigenvalue weighted by molar-refractivity contribution is 0.307. The van der Waals surface area contributed by atoms with Gasteiger partial charge in [0.25, 0.3) is 0 Å². The number of piperidine rings is 1. The second-order valence-corrected chi connectivity index (χ2v) is 8.96. The van der Waals surface area contributed by atoms with E-state index in [1.165, 1.54) is 47.1 Å². The van der Waals surface area contributed by atoms with E-state index in [0.29, 0.717) is 11.2 Å². The van der Waals surface area contributed by atoms with Crippen LogP contribution in [-0.2, 0) is 19.4 Å². The van der Waals surface area contributed by atoms with Gasteiger partial charge < -0.3 is 15.2 Å². The summed E-state index contributed by atoms with van der Waals surface area (Å²) in [7, 11) is 2.23. The Hall–Kier alpha value is -1.88. The van der Waals surface area contributed by atoms with E-state index in [0.717, 1.165) is 49.1 Å². The molecule has 152 valence electrons. The SMILES string of the molecule is CCc1c(Cl)[nH]c2ncc(-c3cc4c(c(C5CCCCN5)c3)CN(C)CC4)cc12. The minimum atomic E-state index is 0.466. The van der Waals surface area contributed by atoms with Gasteiger partial charge in [-0.05, 0) is 79.2 Å². The molecule has 0 amide bonds. The van der Waals surface area contributed by atoms with Crippen LogP contribution >= 0.6 is 11.6 Å². The van der Waals surface area contributed by atoms with E-state index < -0.39 is 0 Å². The van der Waals surface area contributed by atoms with Gasteiger partial charge in [0.1, 0.15) is 10.8 Å². The molecule has 0 radical (unpaired) electrons. The lowest BCUT2D eigenvalue weighted by Gasteiger charge is -2.32. The number of aromatic amines is 1. The van der Waals surface area contributed by atoms with Crippen LogP contribution in [0.4, 0.5) is 0 Å². The second-order valence-electron chi connectivity index (χ2n) is 8.58. The predicted octanol–water partition coefficient (Wildman–Crippen LogP) is 5.25. The fourth-order valence-electron chi connectivity index (χ4n) is 5.02. The molecule has 2 aromatic heterocycles. The van der Waals surface area contributed by atoms with Crippen LogP contribution in [0.1, 0.15) is 54.5 Å². The zero-order valence-corrected chi connectivity index (χ0v) is 18.1. The van der Waals surface area contributed by atoms with Gasteiger partial charge in [0.05, 0.1) is 0 Å². The van der Waals surface area contributed by atoms with Crippen molar-refractivity contribution in [1.82, 2.24) is 20.2 Å². The van der Waals surface area contributed by atoms with E-state index in [4.69, 9.17) is 11.6 Å². The van der Waals surface area contributed by atoms with E-state index in [9.17, 15) is 0 Å². The van der Waals surface area contributed by atoms with E-state index in [2.05, 4.69) is 52.4 Å². The Morgan fingerprint density at radius 3 is 2.90 bits per heavy atom. The van der Waals surface area contributed by atoms with Crippen LogP contribution in [0.3, 0.4) is 0 Å². The number of halogens is 1. The smallest absolute Gasteiger partial charge is 0.138 e. The number of nitrogens with zero attached hydrogens (tertiary/aromatic N) is 2. The molecule has 1 saturated heterocycles. The Bertz CT molecular complexity index is 1050. The average molecular weight is 409 g/mol. The van der Waals surface area contributed by atoms with Gasteiger partial charge in [0.15, 0.2) is 0 Å². The van der Waals surface area contributed by atoms with Crippen molar-refractivity contribution in [3.63, 3.8) is 0 Å². The highest BCUT2D eigenvalue weighted by atomic mass is 35.5. The lowest BCUT2D eigenvalue weighted by Crippen LogP contribution is -2.32. The molecule has 0 aliphatic carbocycles.